The van der Waals surface area contributed by atoms with Crippen molar-refractivity contribution >= 4 is 43.6 Å². The molecule has 7 aromatic rings. The summed E-state index contributed by atoms with van der Waals surface area (Å²) < 4.78 is 4.73. The molecule has 0 saturated carbocycles. The number of hydrogen-bond acceptors (Lipinski definition) is 2. The van der Waals surface area contributed by atoms with Crippen molar-refractivity contribution in [3.05, 3.63) is 109 Å². The standard InChI is InChI=1S/C29H20N4/c1-19-6-8-26-24(18-19)22-7-9-27-28(29(22)33(26)21-12-16-31-17-13-21)23-4-2-3-5-25(23)32(27)20-10-14-30-15-11-20/h2-18H,1H3. The molecule has 0 aliphatic heterocycles. The number of aryl methyl sites for hydroxylation is 1. The summed E-state index contributed by atoms with van der Waals surface area (Å²) in [7, 11) is 0. The van der Waals surface area contributed by atoms with Crippen LogP contribution in [0, 0.1) is 6.92 Å². The van der Waals surface area contributed by atoms with E-state index >= 15 is 0 Å². The highest BCUT2D eigenvalue weighted by atomic mass is 15.0. The monoisotopic (exact) mass is 424 g/mol. The van der Waals surface area contributed by atoms with Gasteiger partial charge in [0, 0.05) is 57.7 Å². The molecule has 156 valence electrons. The predicted octanol–water partition coefficient (Wildman–Crippen LogP) is 6.98. The van der Waals surface area contributed by atoms with Gasteiger partial charge in [0.1, 0.15) is 0 Å². The fraction of sp³-hybridized carbons (Fsp3) is 0.0345. The van der Waals surface area contributed by atoms with E-state index in [1.165, 1.54) is 49.2 Å². The molecule has 0 radical (unpaired) electrons. The number of benzene rings is 3. The molecule has 0 amide bonds. The van der Waals surface area contributed by atoms with Gasteiger partial charge in [0.15, 0.2) is 0 Å². The molecule has 4 heterocycles. The molecule has 4 aromatic heterocycles. The van der Waals surface area contributed by atoms with E-state index in [0.29, 0.717) is 0 Å². The zero-order chi connectivity index (χ0) is 21.9. The molecule has 7 rings (SSSR count). The van der Waals surface area contributed by atoms with Gasteiger partial charge in [-0.3, -0.25) is 9.97 Å². The lowest BCUT2D eigenvalue weighted by Crippen LogP contribution is -1.95. The van der Waals surface area contributed by atoms with Gasteiger partial charge in [-0.05, 0) is 55.5 Å². The van der Waals surface area contributed by atoms with E-state index in [1.54, 1.807) is 0 Å². The highest BCUT2D eigenvalue weighted by Crippen LogP contribution is 2.41. The lowest BCUT2D eigenvalue weighted by atomic mass is 10.1. The molecule has 0 saturated heterocycles. The van der Waals surface area contributed by atoms with Gasteiger partial charge >= 0.3 is 0 Å². The van der Waals surface area contributed by atoms with Crippen molar-refractivity contribution < 1.29 is 0 Å². The van der Waals surface area contributed by atoms with E-state index in [0.717, 1.165) is 11.4 Å². The zero-order valence-electron chi connectivity index (χ0n) is 18.1. The second kappa shape index (κ2) is 6.78. The number of para-hydroxylation sites is 1. The molecule has 0 N–H and O–H groups in total. The maximum absolute atomic E-state index is 4.26. The van der Waals surface area contributed by atoms with Gasteiger partial charge in [-0.1, -0.05) is 35.9 Å². The topological polar surface area (TPSA) is 35.6 Å². The lowest BCUT2D eigenvalue weighted by Gasteiger charge is -2.09. The molecule has 3 aromatic carbocycles. The van der Waals surface area contributed by atoms with Crippen molar-refractivity contribution in [1.29, 1.82) is 0 Å². The Hall–Kier alpha value is -4.44. The third kappa shape index (κ3) is 2.52. The number of rotatable bonds is 2. The molecule has 0 fully saturated rings. The molecule has 33 heavy (non-hydrogen) atoms. The van der Waals surface area contributed by atoms with E-state index in [4.69, 9.17) is 0 Å². The van der Waals surface area contributed by atoms with Crippen LogP contribution in [0.15, 0.2) is 104 Å². The van der Waals surface area contributed by atoms with Crippen molar-refractivity contribution in [1.82, 2.24) is 19.1 Å². The minimum Gasteiger partial charge on any atom is -0.309 e. The van der Waals surface area contributed by atoms with Gasteiger partial charge in [0.25, 0.3) is 0 Å². The van der Waals surface area contributed by atoms with Gasteiger partial charge in [0.2, 0.25) is 0 Å². The van der Waals surface area contributed by atoms with E-state index < -0.39 is 0 Å². The van der Waals surface area contributed by atoms with Crippen LogP contribution in [0.3, 0.4) is 0 Å². The van der Waals surface area contributed by atoms with Crippen LogP contribution in [0.25, 0.3) is 55.0 Å². The third-order valence-electron chi connectivity index (χ3n) is 6.56. The molecule has 0 unspecified atom stereocenters. The van der Waals surface area contributed by atoms with Crippen LogP contribution >= 0.6 is 0 Å². The van der Waals surface area contributed by atoms with Gasteiger partial charge in [-0.2, -0.15) is 0 Å². The summed E-state index contributed by atoms with van der Waals surface area (Å²) in [6.45, 7) is 2.16. The number of fused-ring (bicyclic) bond motifs is 7. The van der Waals surface area contributed by atoms with E-state index in [9.17, 15) is 0 Å². The highest BCUT2D eigenvalue weighted by Gasteiger charge is 2.20. The first-order valence-electron chi connectivity index (χ1n) is 11.1. The van der Waals surface area contributed by atoms with Crippen LogP contribution in [0.2, 0.25) is 0 Å². The Morgan fingerprint density at radius 3 is 1.94 bits per heavy atom. The minimum absolute atomic E-state index is 1.11. The molecule has 0 aliphatic rings. The molecule has 0 bridgehead atoms. The summed E-state index contributed by atoms with van der Waals surface area (Å²) in [6, 6.07) is 28.2. The van der Waals surface area contributed by atoms with Crippen molar-refractivity contribution in [3.63, 3.8) is 0 Å². The smallest absolute Gasteiger partial charge is 0.0641 e. The molecular formula is C29H20N4. The number of pyridine rings is 2. The molecule has 0 aliphatic carbocycles. The summed E-state index contributed by atoms with van der Waals surface area (Å²) in [5.41, 5.74) is 8.28. The van der Waals surface area contributed by atoms with Crippen molar-refractivity contribution in [2.75, 3.05) is 0 Å². The Kier molecular flexibility index (Phi) is 3.73. The van der Waals surface area contributed by atoms with E-state index in [2.05, 4.69) is 105 Å². The third-order valence-corrected chi connectivity index (χ3v) is 6.56. The largest absolute Gasteiger partial charge is 0.309 e. The van der Waals surface area contributed by atoms with Crippen LogP contribution < -0.4 is 0 Å². The predicted molar refractivity (Wildman–Crippen MR) is 135 cm³/mol. The molecule has 0 spiro atoms. The minimum atomic E-state index is 1.11. The van der Waals surface area contributed by atoms with Crippen LogP contribution in [0.5, 0.6) is 0 Å². The first-order chi connectivity index (χ1) is 16.3. The Morgan fingerprint density at radius 2 is 1.18 bits per heavy atom. The summed E-state index contributed by atoms with van der Waals surface area (Å²) in [5.74, 6) is 0. The fourth-order valence-corrected chi connectivity index (χ4v) is 5.21. The van der Waals surface area contributed by atoms with Gasteiger partial charge in [-0.25, -0.2) is 0 Å². The number of nitrogens with zero attached hydrogens (tertiary/aromatic N) is 4. The van der Waals surface area contributed by atoms with E-state index in [-0.39, 0.29) is 0 Å². The normalized spacial score (nSPS) is 11.8. The Balaban J connectivity index is 1.77. The van der Waals surface area contributed by atoms with Crippen LogP contribution in [0.1, 0.15) is 5.56 Å². The summed E-state index contributed by atoms with van der Waals surface area (Å²) in [4.78, 5) is 8.49. The highest BCUT2D eigenvalue weighted by molar-refractivity contribution is 6.26. The quantitative estimate of drug-likeness (QED) is 0.300. The SMILES string of the molecule is Cc1ccc2c(c1)c1ccc3c(c4ccccc4n3-c3ccncc3)c1n2-c1ccncc1. The summed E-state index contributed by atoms with van der Waals surface area (Å²) >= 11 is 0. The fourth-order valence-electron chi connectivity index (χ4n) is 5.21. The molecular weight excluding hydrogens is 404 g/mol. The van der Waals surface area contributed by atoms with Crippen molar-refractivity contribution in [2.24, 2.45) is 0 Å². The van der Waals surface area contributed by atoms with Crippen LogP contribution in [-0.4, -0.2) is 19.1 Å². The lowest BCUT2D eigenvalue weighted by molar-refractivity contribution is 1.15. The van der Waals surface area contributed by atoms with Crippen molar-refractivity contribution in [2.45, 2.75) is 6.92 Å². The number of aromatic nitrogens is 4. The Morgan fingerprint density at radius 1 is 0.545 bits per heavy atom. The van der Waals surface area contributed by atoms with Crippen molar-refractivity contribution in [3.8, 4) is 11.4 Å². The molecule has 4 heteroatoms. The maximum Gasteiger partial charge on any atom is 0.0641 e. The average Bonchev–Trinajstić information content (AvgIpc) is 3.37. The average molecular weight is 425 g/mol. The second-order valence-corrected chi connectivity index (χ2v) is 8.48. The van der Waals surface area contributed by atoms with Crippen LogP contribution in [-0.2, 0) is 0 Å². The first-order valence-corrected chi connectivity index (χ1v) is 11.1. The second-order valence-electron chi connectivity index (χ2n) is 8.48. The number of hydrogen-bond donors (Lipinski definition) is 0. The first kappa shape index (κ1) is 18.2. The van der Waals surface area contributed by atoms with Gasteiger partial charge in [-0.15, -0.1) is 0 Å². The maximum atomic E-state index is 4.26. The summed E-state index contributed by atoms with van der Waals surface area (Å²) in [5, 5.41) is 5.02. The zero-order valence-corrected chi connectivity index (χ0v) is 18.1. The Labute approximate surface area is 190 Å². The van der Waals surface area contributed by atoms with Gasteiger partial charge in [0.05, 0.1) is 22.1 Å². The molecule has 0 atom stereocenters. The molecule has 4 nitrogen and oxygen atoms in total. The van der Waals surface area contributed by atoms with Crippen LogP contribution in [0.4, 0.5) is 0 Å². The van der Waals surface area contributed by atoms with Gasteiger partial charge < -0.3 is 9.13 Å². The summed E-state index contributed by atoms with van der Waals surface area (Å²) in [6.07, 6.45) is 7.43. The Bertz CT molecular complexity index is 1810. The van der Waals surface area contributed by atoms with E-state index in [1.807, 2.05) is 24.8 Å².